The Morgan fingerprint density at radius 3 is 2.04 bits per heavy atom. The summed E-state index contributed by atoms with van der Waals surface area (Å²) >= 11 is 12.0. The molecule has 0 aliphatic rings. The number of rotatable bonds is 6. The van der Waals surface area contributed by atoms with Gasteiger partial charge in [-0.25, -0.2) is 4.79 Å². The number of hydrogen-bond acceptors (Lipinski definition) is 3. The van der Waals surface area contributed by atoms with Crippen LogP contribution in [-0.4, -0.2) is 28.1 Å². The van der Waals surface area contributed by atoms with Crippen LogP contribution in [0.5, 0.6) is 0 Å². The van der Waals surface area contributed by atoms with Crippen molar-refractivity contribution in [2.45, 2.75) is 24.7 Å². The van der Waals surface area contributed by atoms with E-state index < -0.39 is 35.8 Å². The number of amides is 1. The van der Waals surface area contributed by atoms with E-state index in [9.17, 15) is 33.0 Å². The average molecular weight is 436 g/mol. The van der Waals surface area contributed by atoms with E-state index in [1.165, 1.54) is 12.1 Å². The SMILES string of the molecule is O=C(O)[C@H](Cc1c(Cl)cccc1Cl)NC(=O)[C@H](O)c1ccc(C(F)(F)F)cc1. The maximum atomic E-state index is 12.6. The lowest BCUT2D eigenvalue weighted by molar-refractivity contribution is -0.143. The molecule has 2 atom stereocenters. The average Bonchev–Trinajstić information content (AvgIpc) is 2.62. The van der Waals surface area contributed by atoms with E-state index in [1.54, 1.807) is 6.07 Å². The Kier molecular flexibility index (Phi) is 6.92. The Bertz CT molecular complexity index is 852. The standard InChI is InChI=1S/C18H14Cl2F3NO4/c19-12-2-1-3-13(20)11(12)8-14(17(27)28)24-16(26)15(25)9-4-6-10(7-5-9)18(21,22)23/h1-7,14-15,25H,8H2,(H,24,26)(H,27,28)/t14-,15+/m0/s1. The number of carbonyl (C=O) groups excluding carboxylic acids is 1. The molecule has 0 aliphatic carbocycles. The normalized spacial score (nSPS) is 13.6. The van der Waals surface area contributed by atoms with Crippen molar-refractivity contribution in [3.8, 4) is 0 Å². The van der Waals surface area contributed by atoms with E-state index >= 15 is 0 Å². The molecular weight excluding hydrogens is 422 g/mol. The van der Waals surface area contributed by atoms with Gasteiger partial charge in [0.1, 0.15) is 6.04 Å². The molecule has 0 heterocycles. The van der Waals surface area contributed by atoms with E-state index in [0.717, 1.165) is 12.1 Å². The first-order chi connectivity index (χ1) is 13.0. The fourth-order valence-electron chi connectivity index (χ4n) is 2.39. The molecule has 3 N–H and O–H groups in total. The summed E-state index contributed by atoms with van der Waals surface area (Å²) in [6, 6.07) is 6.40. The third-order valence-corrected chi connectivity index (χ3v) is 4.59. The Hall–Kier alpha value is -2.29. The number of benzene rings is 2. The zero-order valence-corrected chi connectivity index (χ0v) is 15.5. The third-order valence-electron chi connectivity index (χ3n) is 3.89. The van der Waals surface area contributed by atoms with Crippen molar-refractivity contribution in [1.29, 1.82) is 0 Å². The number of aliphatic hydroxyl groups is 1. The molecular formula is C18H14Cl2F3NO4. The number of aliphatic hydroxyl groups excluding tert-OH is 1. The van der Waals surface area contributed by atoms with Gasteiger partial charge in [-0.15, -0.1) is 0 Å². The number of nitrogens with one attached hydrogen (secondary N) is 1. The van der Waals surface area contributed by atoms with Crippen LogP contribution >= 0.6 is 23.2 Å². The molecule has 2 aromatic rings. The highest BCUT2D eigenvalue weighted by atomic mass is 35.5. The van der Waals surface area contributed by atoms with E-state index in [2.05, 4.69) is 5.32 Å². The molecule has 0 aliphatic heterocycles. The topological polar surface area (TPSA) is 86.6 Å². The van der Waals surface area contributed by atoms with E-state index in [4.69, 9.17) is 23.2 Å². The molecule has 2 rings (SSSR count). The predicted octanol–water partition coefficient (Wildman–Crippen LogP) is 3.86. The second-order valence-corrected chi connectivity index (χ2v) is 6.64. The van der Waals surface area contributed by atoms with Crippen molar-refractivity contribution in [3.05, 3.63) is 69.2 Å². The van der Waals surface area contributed by atoms with Gasteiger partial charge >= 0.3 is 12.1 Å². The first kappa shape index (κ1) is 22.0. The number of halogens is 5. The van der Waals surface area contributed by atoms with Gasteiger partial charge in [0, 0.05) is 16.5 Å². The summed E-state index contributed by atoms with van der Waals surface area (Å²) in [5, 5.41) is 21.9. The Morgan fingerprint density at radius 2 is 1.57 bits per heavy atom. The van der Waals surface area contributed by atoms with Gasteiger partial charge in [-0.2, -0.15) is 13.2 Å². The Morgan fingerprint density at radius 1 is 1.04 bits per heavy atom. The highest BCUT2D eigenvalue weighted by Crippen LogP contribution is 2.30. The van der Waals surface area contributed by atoms with Gasteiger partial charge < -0.3 is 15.5 Å². The van der Waals surface area contributed by atoms with Crippen molar-refractivity contribution < 1.29 is 33.0 Å². The molecule has 0 saturated carbocycles. The number of carboxylic acids is 1. The van der Waals surface area contributed by atoms with Crippen molar-refractivity contribution in [2.24, 2.45) is 0 Å². The lowest BCUT2D eigenvalue weighted by Crippen LogP contribution is -2.44. The zero-order valence-electron chi connectivity index (χ0n) is 14.0. The molecule has 0 unspecified atom stereocenters. The van der Waals surface area contributed by atoms with Gasteiger partial charge in [-0.1, -0.05) is 41.4 Å². The molecule has 0 saturated heterocycles. The smallest absolute Gasteiger partial charge is 0.416 e. The van der Waals surface area contributed by atoms with Crippen LogP contribution < -0.4 is 5.32 Å². The van der Waals surface area contributed by atoms with Crippen molar-refractivity contribution in [2.75, 3.05) is 0 Å². The minimum absolute atomic E-state index is 0.120. The van der Waals surface area contributed by atoms with Crippen LogP contribution in [0.2, 0.25) is 10.0 Å². The summed E-state index contributed by atoms with van der Waals surface area (Å²) in [5.41, 5.74) is -0.770. The van der Waals surface area contributed by atoms with Crippen molar-refractivity contribution in [3.63, 3.8) is 0 Å². The number of carboxylic acid groups (broad SMARTS) is 1. The van der Waals surface area contributed by atoms with Crippen LogP contribution in [0.1, 0.15) is 22.8 Å². The molecule has 150 valence electrons. The Labute approximate surface area is 167 Å². The molecule has 0 bridgehead atoms. The van der Waals surface area contributed by atoms with Crippen LogP contribution in [-0.2, 0) is 22.2 Å². The van der Waals surface area contributed by atoms with Crippen LogP contribution in [0.3, 0.4) is 0 Å². The zero-order chi connectivity index (χ0) is 21.1. The number of hydrogen-bond donors (Lipinski definition) is 3. The lowest BCUT2D eigenvalue weighted by Gasteiger charge is -2.19. The van der Waals surface area contributed by atoms with E-state index in [0.29, 0.717) is 17.7 Å². The molecule has 5 nitrogen and oxygen atoms in total. The van der Waals surface area contributed by atoms with Crippen molar-refractivity contribution >= 4 is 35.1 Å². The van der Waals surface area contributed by atoms with Gasteiger partial charge in [0.2, 0.25) is 0 Å². The first-order valence-corrected chi connectivity index (χ1v) is 8.57. The summed E-state index contributed by atoms with van der Waals surface area (Å²) in [5.74, 6) is -2.49. The van der Waals surface area contributed by atoms with E-state index in [-0.39, 0.29) is 22.0 Å². The highest BCUT2D eigenvalue weighted by Gasteiger charge is 2.31. The minimum atomic E-state index is -4.56. The maximum absolute atomic E-state index is 12.6. The van der Waals surface area contributed by atoms with Gasteiger partial charge in [-0.3, -0.25) is 4.79 Å². The van der Waals surface area contributed by atoms with Gasteiger partial charge in [-0.05, 0) is 35.4 Å². The van der Waals surface area contributed by atoms with Crippen LogP contribution in [0.4, 0.5) is 13.2 Å². The lowest BCUT2D eigenvalue weighted by atomic mass is 10.0. The van der Waals surface area contributed by atoms with Gasteiger partial charge in [0.05, 0.1) is 5.56 Å². The van der Waals surface area contributed by atoms with Crippen LogP contribution in [0.15, 0.2) is 42.5 Å². The largest absolute Gasteiger partial charge is 0.480 e. The van der Waals surface area contributed by atoms with Crippen LogP contribution in [0.25, 0.3) is 0 Å². The monoisotopic (exact) mass is 435 g/mol. The molecule has 0 spiro atoms. The molecule has 0 fully saturated rings. The second kappa shape index (κ2) is 8.81. The quantitative estimate of drug-likeness (QED) is 0.642. The summed E-state index contributed by atoms with van der Waals surface area (Å²) in [7, 11) is 0. The number of carbonyl (C=O) groups is 2. The van der Waals surface area contributed by atoms with Gasteiger partial charge in [0.25, 0.3) is 5.91 Å². The molecule has 0 radical (unpaired) electrons. The predicted molar refractivity (Wildman–Crippen MR) is 96.1 cm³/mol. The third kappa shape index (κ3) is 5.37. The number of aliphatic carboxylic acids is 1. The molecule has 2 aromatic carbocycles. The van der Waals surface area contributed by atoms with E-state index in [1.807, 2.05) is 0 Å². The molecule has 0 aromatic heterocycles. The highest BCUT2D eigenvalue weighted by molar-refractivity contribution is 6.36. The molecule has 28 heavy (non-hydrogen) atoms. The fourth-order valence-corrected chi connectivity index (χ4v) is 2.94. The Balaban J connectivity index is 2.14. The summed E-state index contributed by atoms with van der Waals surface area (Å²) in [6.07, 6.45) is -6.67. The summed E-state index contributed by atoms with van der Waals surface area (Å²) in [6.45, 7) is 0. The summed E-state index contributed by atoms with van der Waals surface area (Å²) in [4.78, 5) is 23.7. The van der Waals surface area contributed by atoms with Gasteiger partial charge in [0.15, 0.2) is 6.10 Å². The first-order valence-electron chi connectivity index (χ1n) is 7.82. The fraction of sp³-hybridized carbons (Fsp3) is 0.222. The van der Waals surface area contributed by atoms with Crippen molar-refractivity contribution in [1.82, 2.24) is 5.32 Å². The second-order valence-electron chi connectivity index (χ2n) is 5.83. The molecule has 10 heteroatoms. The summed E-state index contributed by atoms with van der Waals surface area (Å²) < 4.78 is 37.8. The van der Waals surface area contributed by atoms with Crippen LogP contribution in [0, 0.1) is 0 Å². The maximum Gasteiger partial charge on any atom is 0.416 e. The minimum Gasteiger partial charge on any atom is -0.480 e. The molecule has 1 amide bonds. The number of alkyl halides is 3.